The zero-order valence-electron chi connectivity index (χ0n) is 11.6. The molecule has 2 aromatic rings. The van der Waals surface area contributed by atoms with Gasteiger partial charge in [0.15, 0.2) is 0 Å². The lowest BCUT2D eigenvalue weighted by atomic mass is 10.1. The summed E-state index contributed by atoms with van der Waals surface area (Å²) in [5.74, 6) is 0. The molecule has 3 heteroatoms. The van der Waals surface area contributed by atoms with Gasteiger partial charge in [0.25, 0.3) is 0 Å². The number of thioether (sulfide) groups is 1. The van der Waals surface area contributed by atoms with Crippen molar-refractivity contribution < 1.29 is 0 Å². The van der Waals surface area contributed by atoms with Crippen molar-refractivity contribution in [2.45, 2.75) is 30.8 Å². The van der Waals surface area contributed by atoms with Crippen LogP contribution < -0.4 is 5.32 Å². The molecule has 0 amide bonds. The van der Waals surface area contributed by atoms with E-state index < -0.39 is 0 Å². The standard InChI is InChI=1S/C16H20N2S/c1-12(14-4-6-16(19-3)7-5-14)18-13(2)15-8-10-17-11-9-15/h4-13,18H,1-3H3/t12?,13-/m0/s1. The van der Waals surface area contributed by atoms with Crippen molar-refractivity contribution in [3.63, 3.8) is 0 Å². The molecule has 1 heterocycles. The minimum atomic E-state index is 0.318. The molecule has 0 spiro atoms. The van der Waals surface area contributed by atoms with Crippen LogP contribution in [0.1, 0.15) is 37.1 Å². The first-order valence-corrected chi connectivity index (χ1v) is 7.73. The van der Waals surface area contributed by atoms with Crippen molar-refractivity contribution in [2.75, 3.05) is 6.26 Å². The van der Waals surface area contributed by atoms with Crippen molar-refractivity contribution >= 4 is 11.8 Å². The van der Waals surface area contributed by atoms with Crippen molar-refractivity contribution in [1.29, 1.82) is 0 Å². The summed E-state index contributed by atoms with van der Waals surface area (Å²) < 4.78 is 0. The molecular weight excluding hydrogens is 252 g/mol. The van der Waals surface area contributed by atoms with Crippen molar-refractivity contribution in [3.05, 3.63) is 59.9 Å². The third kappa shape index (κ3) is 3.82. The average molecular weight is 272 g/mol. The molecule has 0 aliphatic rings. The Morgan fingerprint density at radius 2 is 1.42 bits per heavy atom. The largest absolute Gasteiger partial charge is 0.304 e. The fourth-order valence-corrected chi connectivity index (χ4v) is 2.52. The van der Waals surface area contributed by atoms with Gasteiger partial charge in [0.1, 0.15) is 0 Å². The van der Waals surface area contributed by atoms with Crippen molar-refractivity contribution in [1.82, 2.24) is 10.3 Å². The van der Waals surface area contributed by atoms with E-state index in [1.807, 2.05) is 12.4 Å². The van der Waals surface area contributed by atoms with Crippen LogP contribution in [-0.4, -0.2) is 11.2 Å². The maximum Gasteiger partial charge on any atom is 0.0298 e. The normalized spacial score (nSPS) is 14.1. The van der Waals surface area contributed by atoms with Crippen LogP contribution in [0.15, 0.2) is 53.7 Å². The molecule has 2 nitrogen and oxygen atoms in total. The Bertz CT molecular complexity index is 496. The van der Waals surface area contributed by atoms with Gasteiger partial charge in [0.2, 0.25) is 0 Å². The molecule has 2 atom stereocenters. The van der Waals surface area contributed by atoms with E-state index in [0.717, 1.165) is 0 Å². The molecule has 1 N–H and O–H groups in total. The van der Waals surface area contributed by atoms with E-state index in [4.69, 9.17) is 0 Å². The monoisotopic (exact) mass is 272 g/mol. The topological polar surface area (TPSA) is 24.9 Å². The number of pyridine rings is 1. The second-order valence-corrected chi connectivity index (χ2v) is 5.54. The molecule has 1 unspecified atom stereocenters. The number of nitrogens with one attached hydrogen (secondary N) is 1. The Balaban J connectivity index is 2.02. The lowest BCUT2D eigenvalue weighted by molar-refractivity contribution is 0.494. The zero-order chi connectivity index (χ0) is 13.7. The predicted octanol–water partition coefficient (Wildman–Crippen LogP) is 4.22. The molecular formula is C16H20N2S. The summed E-state index contributed by atoms with van der Waals surface area (Å²) in [7, 11) is 0. The molecule has 1 aromatic carbocycles. The van der Waals surface area contributed by atoms with Gasteiger partial charge in [-0.1, -0.05) is 12.1 Å². The first-order valence-electron chi connectivity index (χ1n) is 6.50. The van der Waals surface area contributed by atoms with Crippen LogP contribution in [0.4, 0.5) is 0 Å². The third-order valence-electron chi connectivity index (χ3n) is 3.32. The molecule has 0 saturated heterocycles. The van der Waals surface area contributed by atoms with E-state index in [1.165, 1.54) is 16.0 Å². The predicted molar refractivity (Wildman–Crippen MR) is 82.4 cm³/mol. The van der Waals surface area contributed by atoms with Gasteiger partial charge in [0.05, 0.1) is 0 Å². The van der Waals surface area contributed by atoms with Crippen LogP contribution in [0.3, 0.4) is 0 Å². The van der Waals surface area contributed by atoms with Crippen LogP contribution >= 0.6 is 11.8 Å². The lowest BCUT2D eigenvalue weighted by Crippen LogP contribution is -2.22. The van der Waals surface area contributed by atoms with E-state index in [0.29, 0.717) is 12.1 Å². The van der Waals surface area contributed by atoms with E-state index in [1.54, 1.807) is 11.8 Å². The van der Waals surface area contributed by atoms with Gasteiger partial charge >= 0.3 is 0 Å². The Morgan fingerprint density at radius 3 is 1.95 bits per heavy atom. The summed E-state index contributed by atoms with van der Waals surface area (Å²) >= 11 is 1.77. The van der Waals surface area contributed by atoms with E-state index >= 15 is 0 Å². The summed E-state index contributed by atoms with van der Waals surface area (Å²) in [5.41, 5.74) is 2.58. The van der Waals surface area contributed by atoms with Gasteiger partial charge < -0.3 is 5.32 Å². The second kappa shape index (κ2) is 6.73. The molecule has 0 aliphatic carbocycles. The Morgan fingerprint density at radius 1 is 0.895 bits per heavy atom. The molecule has 0 aliphatic heterocycles. The van der Waals surface area contributed by atoms with Gasteiger partial charge in [-0.05, 0) is 55.5 Å². The lowest BCUT2D eigenvalue weighted by Gasteiger charge is -2.20. The Hall–Kier alpha value is -1.32. The fourth-order valence-electron chi connectivity index (χ4n) is 2.11. The highest BCUT2D eigenvalue weighted by molar-refractivity contribution is 7.98. The van der Waals surface area contributed by atoms with Crippen LogP contribution in [0.25, 0.3) is 0 Å². The molecule has 0 bridgehead atoms. The smallest absolute Gasteiger partial charge is 0.0298 e. The zero-order valence-corrected chi connectivity index (χ0v) is 12.4. The summed E-state index contributed by atoms with van der Waals surface area (Å²) in [5, 5.41) is 3.62. The van der Waals surface area contributed by atoms with Crippen LogP contribution in [0, 0.1) is 0 Å². The number of nitrogens with zero attached hydrogens (tertiary/aromatic N) is 1. The van der Waals surface area contributed by atoms with Crippen LogP contribution in [-0.2, 0) is 0 Å². The minimum Gasteiger partial charge on any atom is -0.304 e. The average Bonchev–Trinajstić information content (AvgIpc) is 2.48. The highest BCUT2D eigenvalue weighted by Crippen LogP contribution is 2.21. The number of benzene rings is 1. The molecule has 2 rings (SSSR count). The maximum absolute atomic E-state index is 4.05. The van der Waals surface area contributed by atoms with Crippen molar-refractivity contribution in [2.24, 2.45) is 0 Å². The highest BCUT2D eigenvalue weighted by Gasteiger charge is 2.10. The molecule has 0 radical (unpaired) electrons. The SMILES string of the molecule is CSc1ccc(C(C)N[C@@H](C)c2ccncc2)cc1. The first kappa shape index (κ1) is 14.1. The van der Waals surface area contributed by atoms with Crippen LogP contribution in [0.5, 0.6) is 0 Å². The molecule has 0 fully saturated rings. The number of hydrogen-bond donors (Lipinski definition) is 1. The third-order valence-corrected chi connectivity index (χ3v) is 4.07. The minimum absolute atomic E-state index is 0.318. The van der Waals surface area contributed by atoms with Gasteiger partial charge in [-0.25, -0.2) is 0 Å². The number of aromatic nitrogens is 1. The van der Waals surface area contributed by atoms with Gasteiger partial charge in [-0.3, -0.25) is 4.98 Å². The second-order valence-electron chi connectivity index (χ2n) is 4.66. The quantitative estimate of drug-likeness (QED) is 0.825. The molecule has 1 aromatic heterocycles. The Kier molecular flexibility index (Phi) is 5.00. The molecule has 100 valence electrons. The summed E-state index contributed by atoms with van der Waals surface area (Å²) in [6.07, 6.45) is 5.78. The van der Waals surface area contributed by atoms with Crippen molar-refractivity contribution in [3.8, 4) is 0 Å². The number of rotatable bonds is 5. The summed E-state index contributed by atoms with van der Waals surface area (Å²) in [6, 6.07) is 13.5. The fraction of sp³-hybridized carbons (Fsp3) is 0.312. The number of hydrogen-bond acceptors (Lipinski definition) is 3. The molecule has 0 saturated carbocycles. The Labute approximate surface area is 119 Å². The van der Waals surface area contributed by atoms with Gasteiger partial charge in [-0.15, -0.1) is 11.8 Å². The maximum atomic E-state index is 4.05. The van der Waals surface area contributed by atoms with E-state index in [-0.39, 0.29) is 0 Å². The van der Waals surface area contributed by atoms with Gasteiger partial charge in [-0.2, -0.15) is 0 Å². The molecule has 19 heavy (non-hydrogen) atoms. The van der Waals surface area contributed by atoms with E-state index in [2.05, 4.69) is 66.8 Å². The first-order chi connectivity index (χ1) is 9.20. The highest BCUT2D eigenvalue weighted by atomic mass is 32.2. The van der Waals surface area contributed by atoms with Crippen LogP contribution in [0.2, 0.25) is 0 Å². The summed E-state index contributed by atoms with van der Waals surface area (Å²) in [4.78, 5) is 5.36. The van der Waals surface area contributed by atoms with Gasteiger partial charge in [0, 0.05) is 29.4 Å². The van der Waals surface area contributed by atoms with E-state index in [9.17, 15) is 0 Å². The summed E-state index contributed by atoms with van der Waals surface area (Å²) in [6.45, 7) is 4.38.